The van der Waals surface area contributed by atoms with E-state index in [1.807, 2.05) is 69.8 Å². The number of amides is 2. The number of carbonyl (C=O) groups excluding carboxylic acids is 2. The van der Waals surface area contributed by atoms with Crippen LogP contribution >= 0.6 is 11.3 Å². The van der Waals surface area contributed by atoms with Crippen molar-refractivity contribution in [2.75, 3.05) is 31.1 Å². The van der Waals surface area contributed by atoms with Gasteiger partial charge in [-0.15, -0.1) is 11.3 Å². The van der Waals surface area contributed by atoms with Gasteiger partial charge in [-0.05, 0) is 43.3 Å². The summed E-state index contributed by atoms with van der Waals surface area (Å²) in [7, 11) is 0. The minimum absolute atomic E-state index is 0.000338. The van der Waals surface area contributed by atoms with Gasteiger partial charge in [0.05, 0.1) is 6.04 Å². The van der Waals surface area contributed by atoms with Crippen molar-refractivity contribution >= 4 is 28.8 Å². The van der Waals surface area contributed by atoms with E-state index in [9.17, 15) is 9.59 Å². The van der Waals surface area contributed by atoms with E-state index in [2.05, 4.69) is 16.8 Å². The molecule has 0 aliphatic carbocycles. The molecule has 8 heteroatoms. The highest BCUT2D eigenvalue weighted by Crippen LogP contribution is 2.32. The number of ether oxygens (including phenoxy) is 1. The highest BCUT2D eigenvalue weighted by atomic mass is 32.1. The van der Waals surface area contributed by atoms with E-state index in [1.54, 1.807) is 6.20 Å². The Morgan fingerprint density at radius 3 is 2.36 bits per heavy atom. The highest BCUT2D eigenvalue weighted by molar-refractivity contribution is 7.11. The lowest BCUT2D eigenvalue weighted by atomic mass is 10.1. The van der Waals surface area contributed by atoms with Crippen LogP contribution in [0.2, 0.25) is 0 Å². The zero-order chi connectivity index (χ0) is 22.8. The molecule has 0 N–H and O–H groups in total. The van der Waals surface area contributed by atoms with Crippen molar-refractivity contribution in [2.24, 2.45) is 0 Å². The van der Waals surface area contributed by atoms with Crippen LogP contribution in [-0.2, 0) is 4.79 Å². The molecule has 0 radical (unpaired) electrons. The molecule has 2 unspecified atom stereocenters. The van der Waals surface area contributed by atoms with Crippen LogP contribution in [0.1, 0.15) is 23.1 Å². The van der Waals surface area contributed by atoms with Gasteiger partial charge in [-0.1, -0.05) is 18.2 Å². The van der Waals surface area contributed by atoms with Gasteiger partial charge in [0.2, 0.25) is 5.91 Å². The first-order valence-corrected chi connectivity index (χ1v) is 12.1. The summed E-state index contributed by atoms with van der Waals surface area (Å²) >= 11 is 1.37. The van der Waals surface area contributed by atoms with E-state index in [-0.39, 0.29) is 23.9 Å². The fourth-order valence-electron chi connectivity index (χ4n) is 4.68. The quantitative estimate of drug-likeness (QED) is 0.576. The third kappa shape index (κ3) is 4.49. The number of thiazole rings is 1. The van der Waals surface area contributed by atoms with E-state index in [0.717, 1.165) is 30.3 Å². The minimum atomic E-state index is -0.000338. The summed E-state index contributed by atoms with van der Waals surface area (Å²) in [5.74, 6) is 1.65. The van der Waals surface area contributed by atoms with Crippen molar-refractivity contribution in [3.63, 3.8) is 0 Å². The van der Waals surface area contributed by atoms with Crippen LogP contribution in [0.25, 0.3) is 0 Å². The molecule has 0 spiro atoms. The molecule has 5 rings (SSSR count). The second-order valence-electron chi connectivity index (χ2n) is 8.35. The molecular weight excluding hydrogens is 436 g/mol. The minimum Gasteiger partial charge on any atom is -0.457 e. The van der Waals surface area contributed by atoms with E-state index >= 15 is 0 Å². The van der Waals surface area contributed by atoms with Gasteiger partial charge in [-0.25, -0.2) is 4.98 Å². The number of aromatic nitrogens is 1. The Hall–Kier alpha value is -3.23. The van der Waals surface area contributed by atoms with Gasteiger partial charge >= 0.3 is 0 Å². The number of benzene rings is 2. The maximum atomic E-state index is 12.9. The first kappa shape index (κ1) is 21.6. The second kappa shape index (κ2) is 9.33. The zero-order valence-electron chi connectivity index (χ0n) is 18.5. The van der Waals surface area contributed by atoms with Crippen LogP contribution in [0.4, 0.5) is 5.69 Å². The first-order chi connectivity index (χ1) is 16.1. The Balaban J connectivity index is 1.21. The SMILES string of the molecule is CC1C(N2CCN(C(=O)c3nccs3)CC2)CC(=O)N1c1ccc(Oc2ccccc2)cc1. The van der Waals surface area contributed by atoms with Gasteiger partial charge in [0.25, 0.3) is 5.91 Å². The standard InChI is InChI=1S/C25H26N4O3S/c1-18-22(27-12-14-28(15-13-27)25(31)24-26-11-16-33-24)17-23(30)29(18)19-7-9-21(10-8-19)32-20-5-3-2-4-6-20/h2-11,16,18,22H,12-15,17H2,1H3. The Morgan fingerprint density at radius 1 is 1.00 bits per heavy atom. The lowest BCUT2D eigenvalue weighted by Gasteiger charge is -2.39. The fourth-order valence-corrected chi connectivity index (χ4v) is 5.28. The Labute approximate surface area is 197 Å². The summed E-state index contributed by atoms with van der Waals surface area (Å²) in [5.41, 5.74) is 0.882. The number of nitrogens with zero attached hydrogens (tertiary/aromatic N) is 4. The van der Waals surface area contributed by atoms with Crippen LogP contribution < -0.4 is 9.64 Å². The average Bonchev–Trinajstić information content (AvgIpc) is 3.48. The third-order valence-electron chi connectivity index (χ3n) is 6.40. The van der Waals surface area contributed by atoms with E-state index < -0.39 is 0 Å². The molecule has 2 aliphatic heterocycles. The van der Waals surface area contributed by atoms with Gasteiger partial charge in [0.1, 0.15) is 11.5 Å². The summed E-state index contributed by atoms with van der Waals surface area (Å²) in [6, 6.07) is 17.5. The number of rotatable bonds is 5. The van der Waals surface area contributed by atoms with Gasteiger partial charge in [-0.3, -0.25) is 14.5 Å². The monoisotopic (exact) mass is 462 g/mol. The largest absolute Gasteiger partial charge is 0.457 e. The Bertz CT molecular complexity index is 1100. The summed E-state index contributed by atoms with van der Waals surface area (Å²) in [5, 5.41) is 2.36. The van der Waals surface area contributed by atoms with Crippen LogP contribution in [0.5, 0.6) is 11.5 Å². The number of hydrogen-bond donors (Lipinski definition) is 0. The molecule has 2 aromatic carbocycles. The number of hydrogen-bond acceptors (Lipinski definition) is 6. The highest BCUT2D eigenvalue weighted by Gasteiger charge is 2.42. The normalized spacial score (nSPS) is 21.4. The summed E-state index contributed by atoms with van der Waals surface area (Å²) in [4.78, 5) is 35.7. The molecular formula is C25H26N4O3S. The molecule has 7 nitrogen and oxygen atoms in total. The molecule has 0 saturated carbocycles. The lowest BCUT2D eigenvalue weighted by Crippen LogP contribution is -2.54. The fraction of sp³-hybridized carbons (Fsp3) is 0.320. The Kier molecular flexibility index (Phi) is 6.11. The number of carbonyl (C=O) groups is 2. The molecule has 2 fully saturated rings. The lowest BCUT2D eigenvalue weighted by molar-refractivity contribution is -0.117. The van der Waals surface area contributed by atoms with Gasteiger partial charge in [0.15, 0.2) is 5.01 Å². The van der Waals surface area contributed by atoms with E-state index in [0.29, 0.717) is 24.5 Å². The van der Waals surface area contributed by atoms with Gasteiger partial charge < -0.3 is 14.5 Å². The van der Waals surface area contributed by atoms with Crippen molar-refractivity contribution in [1.29, 1.82) is 0 Å². The topological polar surface area (TPSA) is 66.0 Å². The van der Waals surface area contributed by atoms with E-state index in [1.165, 1.54) is 11.3 Å². The molecule has 2 saturated heterocycles. The predicted molar refractivity (Wildman–Crippen MR) is 128 cm³/mol. The third-order valence-corrected chi connectivity index (χ3v) is 7.16. The first-order valence-electron chi connectivity index (χ1n) is 11.2. The molecule has 0 bridgehead atoms. The number of anilines is 1. The average molecular weight is 463 g/mol. The maximum absolute atomic E-state index is 12.9. The summed E-state index contributed by atoms with van der Waals surface area (Å²) in [6.07, 6.45) is 2.15. The van der Waals surface area contributed by atoms with Crippen molar-refractivity contribution < 1.29 is 14.3 Å². The van der Waals surface area contributed by atoms with Crippen molar-refractivity contribution in [3.05, 3.63) is 71.2 Å². The zero-order valence-corrected chi connectivity index (χ0v) is 19.3. The van der Waals surface area contributed by atoms with Crippen LogP contribution in [0.3, 0.4) is 0 Å². The molecule has 33 heavy (non-hydrogen) atoms. The van der Waals surface area contributed by atoms with E-state index in [4.69, 9.17) is 4.74 Å². The van der Waals surface area contributed by atoms with Crippen molar-refractivity contribution in [1.82, 2.24) is 14.8 Å². The second-order valence-corrected chi connectivity index (χ2v) is 9.24. The molecule has 3 heterocycles. The van der Waals surface area contributed by atoms with Crippen molar-refractivity contribution in [2.45, 2.75) is 25.4 Å². The van der Waals surface area contributed by atoms with Gasteiger partial charge in [-0.2, -0.15) is 0 Å². The van der Waals surface area contributed by atoms with Crippen molar-refractivity contribution in [3.8, 4) is 11.5 Å². The Morgan fingerprint density at radius 2 is 1.70 bits per heavy atom. The van der Waals surface area contributed by atoms with Crippen LogP contribution in [-0.4, -0.2) is 64.9 Å². The number of para-hydroxylation sites is 1. The summed E-state index contributed by atoms with van der Waals surface area (Å²) in [6.45, 7) is 4.94. The predicted octanol–water partition coefficient (Wildman–Crippen LogP) is 3.89. The van der Waals surface area contributed by atoms with Crippen LogP contribution in [0, 0.1) is 0 Å². The molecule has 2 amide bonds. The molecule has 170 valence electrons. The molecule has 2 atom stereocenters. The molecule has 2 aliphatic rings. The molecule has 1 aromatic heterocycles. The van der Waals surface area contributed by atoms with Crippen LogP contribution in [0.15, 0.2) is 66.2 Å². The summed E-state index contributed by atoms with van der Waals surface area (Å²) < 4.78 is 5.87. The molecule has 3 aromatic rings. The smallest absolute Gasteiger partial charge is 0.282 e. The number of piperazine rings is 1. The van der Waals surface area contributed by atoms with Gasteiger partial charge in [0, 0.05) is 55.9 Å². The maximum Gasteiger partial charge on any atom is 0.282 e.